The topological polar surface area (TPSA) is 15.3 Å². The van der Waals surface area contributed by atoms with Crippen LogP contribution in [-0.2, 0) is 0 Å². The molecule has 2 nitrogen and oxygen atoms in total. The number of hydrogen-bond donors (Lipinski definition) is 1. The quantitative estimate of drug-likeness (QED) is 0.725. The minimum atomic E-state index is 0. The summed E-state index contributed by atoms with van der Waals surface area (Å²) in [5.41, 5.74) is 0. The molecular formula is C11H23ClN2. The van der Waals surface area contributed by atoms with Crippen molar-refractivity contribution in [2.24, 2.45) is 0 Å². The zero-order chi connectivity index (χ0) is 9.10. The maximum Gasteiger partial charge on any atom is 0.0122 e. The summed E-state index contributed by atoms with van der Waals surface area (Å²) in [7, 11) is 0. The number of nitrogens with one attached hydrogen (secondary N) is 1. The average Bonchev–Trinajstić information content (AvgIpc) is 2.19. The van der Waals surface area contributed by atoms with Crippen LogP contribution in [0.1, 0.15) is 39.0 Å². The maximum absolute atomic E-state index is 3.52. The Kier molecular flexibility index (Phi) is 5.21. The summed E-state index contributed by atoms with van der Waals surface area (Å²) in [5.74, 6) is 0. The van der Waals surface area contributed by atoms with Crippen LogP contribution in [0.25, 0.3) is 0 Å². The lowest BCUT2D eigenvalue weighted by Gasteiger charge is -2.39. The van der Waals surface area contributed by atoms with E-state index < -0.39 is 0 Å². The van der Waals surface area contributed by atoms with Crippen molar-refractivity contribution in [3.8, 4) is 0 Å². The van der Waals surface area contributed by atoms with E-state index in [0.29, 0.717) is 0 Å². The molecule has 0 spiro atoms. The highest BCUT2D eigenvalue weighted by Gasteiger charge is 2.24. The Labute approximate surface area is 93.8 Å². The molecule has 0 saturated carbocycles. The van der Waals surface area contributed by atoms with Crippen molar-refractivity contribution in [1.29, 1.82) is 0 Å². The van der Waals surface area contributed by atoms with Crippen LogP contribution in [0.5, 0.6) is 0 Å². The molecule has 2 rings (SSSR count). The lowest BCUT2D eigenvalue weighted by Crippen LogP contribution is -2.48. The molecule has 2 saturated heterocycles. The van der Waals surface area contributed by atoms with E-state index in [1.54, 1.807) is 0 Å². The Morgan fingerprint density at radius 2 is 1.86 bits per heavy atom. The van der Waals surface area contributed by atoms with Crippen LogP contribution in [0.15, 0.2) is 0 Å². The molecular weight excluding hydrogens is 196 g/mol. The lowest BCUT2D eigenvalue weighted by molar-refractivity contribution is 0.123. The number of rotatable bonds is 1. The number of hydrogen-bond acceptors (Lipinski definition) is 2. The molecule has 84 valence electrons. The normalized spacial score (nSPS) is 34.9. The van der Waals surface area contributed by atoms with Crippen LogP contribution < -0.4 is 5.32 Å². The van der Waals surface area contributed by atoms with Gasteiger partial charge in [-0.2, -0.15) is 0 Å². The van der Waals surface area contributed by atoms with Gasteiger partial charge in [-0.25, -0.2) is 0 Å². The van der Waals surface area contributed by atoms with E-state index in [2.05, 4.69) is 17.1 Å². The highest BCUT2D eigenvalue weighted by molar-refractivity contribution is 5.85. The van der Waals surface area contributed by atoms with Crippen molar-refractivity contribution in [2.45, 2.75) is 51.1 Å². The minimum Gasteiger partial charge on any atom is -0.314 e. The average molecular weight is 219 g/mol. The third-order valence-corrected chi connectivity index (χ3v) is 3.50. The molecule has 2 aliphatic heterocycles. The van der Waals surface area contributed by atoms with E-state index in [4.69, 9.17) is 0 Å². The highest BCUT2D eigenvalue weighted by Crippen LogP contribution is 2.19. The van der Waals surface area contributed by atoms with Crippen molar-refractivity contribution in [3.63, 3.8) is 0 Å². The van der Waals surface area contributed by atoms with Crippen LogP contribution in [0.3, 0.4) is 0 Å². The first kappa shape index (κ1) is 12.3. The Hall–Kier alpha value is 0.210. The molecule has 0 radical (unpaired) electrons. The van der Waals surface area contributed by atoms with Gasteiger partial charge in [0.25, 0.3) is 0 Å². The molecule has 0 amide bonds. The van der Waals surface area contributed by atoms with Crippen molar-refractivity contribution in [2.75, 3.05) is 19.6 Å². The third-order valence-electron chi connectivity index (χ3n) is 3.50. The minimum absolute atomic E-state index is 0. The monoisotopic (exact) mass is 218 g/mol. The van der Waals surface area contributed by atoms with Crippen LogP contribution in [-0.4, -0.2) is 36.6 Å². The smallest absolute Gasteiger partial charge is 0.0122 e. The van der Waals surface area contributed by atoms with Crippen LogP contribution in [0.2, 0.25) is 0 Å². The largest absolute Gasteiger partial charge is 0.314 e. The molecule has 2 unspecified atom stereocenters. The van der Waals surface area contributed by atoms with Crippen molar-refractivity contribution in [1.82, 2.24) is 10.2 Å². The van der Waals surface area contributed by atoms with Gasteiger partial charge in [-0.05, 0) is 52.2 Å². The summed E-state index contributed by atoms with van der Waals surface area (Å²) in [6.45, 7) is 6.26. The van der Waals surface area contributed by atoms with E-state index in [1.165, 1.54) is 51.7 Å². The van der Waals surface area contributed by atoms with E-state index in [1.807, 2.05) is 0 Å². The van der Waals surface area contributed by atoms with Gasteiger partial charge in [0.05, 0.1) is 0 Å². The molecule has 0 aliphatic carbocycles. The molecule has 2 atom stereocenters. The zero-order valence-electron chi connectivity index (χ0n) is 9.17. The number of halogens is 1. The SMILES string of the molecule is CC1CC(N2CCCCC2)CCN1.Cl. The molecule has 2 heterocycles. The summed E-state index contributed by atoms with van der Waals surface area (Å²) >= 11 is 0. The molecule has 0 aromatic rings. The van der Waals surface area contributed by atoms with Gasteiger partial charge >= 0.3 is 0 Å². The first-order valence-corrected chi connectivity index (χ1v) is 5.83. The highest BCUT2D eigenvalue weighted by atomic mass is 35.5. The molecule has 0 aromatic heterocycles. The summed E-state index contributed by atoms with van der Waals surface area (Å²) in [6, 6.07) is 1.62. The fourth-order valence-electron chi connectivity index (χ4n) is 2.72. The maximum atomic E-state index is 3.52. The zero-order valence-corrected chi connectivity index (χ0v) is 9.98. The Morgan fingerprint density at radius 3 is 2.50 bits per heavy atom. The molecule has 14 heavy (non-hydrogen) atoms. The summed E-state index contributed by atoms with van der Waals surface area (Å²) in [4.78, 5) is 2.72. The van der Waals surface area contributed by atoms with E-state index in [9.17, 15) is 0 Å². The van der Waals surface area contributed by atoms with Crippen molar-refractivity contribution < 1.29 is 0 Å². The van der Waals surface area contributed by atoms with Gasteiger partial charge in [-0.3, -0.25) is 0 Å². The van der Waals surface area contributed by atoms with Gasteiger partial charge in [0.2, 0.25) is 0 Å². The summed E-state index contributed by atoms with van der Waals surface area (Å²) in [5, 5.41) is 3.52. The number of nitrogens with zero attached hydrogens (tertiary/aromatic N) is 1. The second-order valence-electron chi connectivity index (χ2n) is 4.63. The molecule has 2 aliphatic rings. The number of piperidine rings is 2. The molecule has 3 heteroatoms. The summed E-state index contributed by atoms with van der Waals surface area (Å²) in [6.07, 6.45) is 7.04. The Morgan fingerprint density at radius 1 is 1.14 bits per heavy atom. The van der Waals surface area contributed by atoms with Crippen molar-refractivity contribution in [3.05, 3.63) is 0 Å². The first-order valence-electron chi connectivity index (χ1n) is 5.83. The predicted molar refractivity (Wildman–Crippen MR) is 63.2 cm³/mol. The number of likely N-dealkylation sites (tertiary alicyclic amines) is 1. The first-order chi connectivity index (χ1) is 6.36. The molecule has 2 fully saturated rings. The molecule has 1 N–H and O–H groups in total. The van der Waals surface area contributed by atoms with E-state index in [-0.39, 0.29) is 12.4 Å². The fraction of sp³-hybridized carbons (Fsp3) is 1.00. The molecule has 0 bridgehead atoms. The Bertz CT molecular complexity index is 157. The Balaban J connectivity index is 0.000000980. The lowest BCUT2D eigenvalue weighted by atomic mass is 9.97. The molecule has 0 aromatic carbocycles. The van der Waals surface area contributed by atoms with Gasteiger partial charge in [-0.1, -0.05) is 6.42 Å². The van der Waals surface area contributed by atoms with Gasteiger partial charge in [0.1, 0.15) is 0 Å². The van der Waals surface area contributed by atoms with Crippen LogP contribution in [0.4, 0.5) is 0 Å². The summed E-state index contributed by atoms with van der Waals surface area (Å²) < 4.78 is 0. The van der Waals surface area contributed by atoms with Crippen molar-refractivity contribution >= 4 is 12.4 Å². The fourth-order valence-corrected chi connectivity index (χ4v) is 2.72. The van der Waals surface area contributed by atoms with Crippen LogP contribution in [0, 0.1) is 0 Å². The second kappa shape index (κ2) is 5.94. The third kappa shape index (κ3) is 3.11. The van der Waals surface area contributed by atoms with Gasteiger partial charge in [0, 0.05) is 12.1 Å². The van der Waals surface area contributed by atoms with Gasteiger partial charge < -0.3 is 10.2 Å². The van der Waals surface area contributed by atoms with Gasteiger partial charge in [-0.15, -0.1) is 12.4 Å². The van der Waals surface area contributed by atoms with E-state index in [0.717, 1.165) is 12.1 Å². The van der Waals surface area contributed by atoms with Crippen LogP contribution >= 0.6 is 12.4 Å². The predicted octanol–water partition coefficient (Wildman–Crippen LogP) is 2.03. The second-order valence-corrected chi connectivity index (χ2v) is 4.63. The van der Waals surface area contributed by atoms with E-state index >= 15 is 0 Å². The standard InChI is InChI=1S/C11H22N2.ClH/c1-10-9-11(5-6-12-10)13-7-3-2-4-8-13;/h10-12H,2-9H2,1H3;1H. The van der Waals surface area contributed by atoms with Gasteiger partial charge in [0.15, 0.2) is 0 Å².